The minimum absolute atomic E-state index is 0.424. The third-order valence-corrected chi connectivity index (χ3v) is 2.97. The average Bonchev–Trinajstić information content (AvgIpc) is 2.18. The molecule has 1 fully saturated rings. The molecule has 0 bridgehead atoms. The van der Waals surface area contributed by atoms with Gasteiger partial charge in [-0.1, -0.05) is 12.8 Å². The maximum atomic E-state index is 5.92. The Kier molecular flexibility index (Phi) is 6.15. The van der Waals surface area contributed by atoms with Gasteiger partial charge in [0.25, 0.3) is 0 Å². The number of rotatable bonds is 6. The molecule has 0 unspecified atom stereocenters. The van der Waals surface area contributed by atoms with Gasteiger partial charge in [0.2, 0.25) is 0 Å². The van der Waals surface area contributed by atoms with Crippen molar-refractivity contribution in [2.75, 3.05) is 26.2 Å². The number of hydrogen-bond acceptors (Lipinski definition) is 3. The van der Waals surface area contributed by atoms with Crippen LogP contribution in [0.5, 0.6) is 0 Å². The monoisotopic (exact) mass is 199 g/mol. The Labute approximate surface area is 87.8 Å². The SMILES string of the molecule is NCCCCCCN1CCC[C@H](N)C1. The lowest BCUT2D eigenvalue weighted by Crippen LogP contribution is -2.43. The van der Waals surface area contributed by atoms with E-state index in [4.69, 9.17) is 11.5 Å². The van der Waals surface area contributed by atoms with E-state index in [1.54, 1.807) is 0 Å². The van der Waals surface area contributed by atoms with Crippen molar-refractivity contribution in [1.82, 2.24) is 4.90 Å². The van der Waals surface area contributed by atoms with Crippen LogP contribution in [-0.4, -0.2) is 37.1 Å². The lowest BCUT2D eigenvalue weighted by Gasteiger charge is -2.30. The van der Waals surface area contributed by atoms with E-state index in [0.717, 1.165) is 13.1 Å². The number of hydrogen-bond donors (Lipinski definition) is 2. The molecule has 1 saturated heterocycles. The third-order valence-electron chi connectivity index (χ3n) is 2.97. The van der Waals surface area contributed by atoms with Crippen molar-refractivity contribution >= 4 is 0 Å². The van der Waals surface area contributed by atoms with Crippen LogP contribution in [0, 0.1) is 0 Å². The van der Waals surface area contributed by atoms with E-state index < -0.39 is 0 Å². The van der Waals surface area contributed by atoms with Gasteiger partial charge < -0.3 is 16.4 Å². The van der Waals surface area contributed by atoms with Gasteiger partial charge in [0.1, 0.15) is 0 Å². The molecule has 0 aromatic heterocycles. The summed E-state index contributed by atoms with van der Waals surface area (Å²) >= 11 is 0. The Bertz CT molecular complexity index is 138. The van der Waals surface area contributed by atoms with E-state index in [1.807, 2.05) is 0 Å². The van der Waals surface area contributed by atoms with E-state index in [0.29, 0.717) is 6.04 Å². The zero-order valence-corrected chi connectivity index (χ0v) is 9.25. The first-order valence-corrected chi connectivity index (χ1v) is 6.01. The molecule has 0 aromatic rings. The summed E-state index contributed by atoms with van der Waals surface area (Å²) in [5.74, 6) is 0. The Morgan fingerprint density at radius 1 is 1.14 bits per heavy atom. The smallest absolute Gasteiger partial charge is 0.0168 e. The van der Waals surface area contributed by atoms with Crippen LogP contribution in [0.15, 0.2) is 0 Å². The molecule has 0 aromatic carbocycles. The number of likely N-dealkylation sites (tertiary alicyclic amines) is 1. The Balaban J connectivity index is 1.95. The topological polar surface area (TPSA) is 55.3 Å². The molecule has 0 radical (unpaired) electrons. The van der Waals surface area contributed by atoms with Gasteiger partial charge >= 0.3 is 0 Å². The summed E-state index contributed by atoms with van der Waals surface area (Å²) in [4.78, 5) is 2.51. The Hall–Kier alpha value is -0.120. The molecule has 14 heavy (non-hydrogen) atoms. The number of unbranched alkanes of at least 4 members (excludes halogenated alkanes) is 3. The molecule has 1 atom stereocenters. The van der Waals surface area contributed by atoms with Crippen molar-refractivity contribution < 1.29 is 0 Å². The van der Waals surface area contributed by atoms with E-state index in [2.05, 4.69) is 4.90 Å². The molecule has 3 nitrogen and oxygen atoms in total. The van der Waals surface area contributed by atoms with Gasteiger partial charge in [0.05, 0.1) is 0 Å². The Morgan fingerprint density at radius 3 is 2.64 bits per heavy atom. The molecule has 1 rings (SSSR count). The van der Waals surface area contributed by atoms with E-state index in [1.165, 1.54) is 51.6 Å². The van der Waals surface area contributed by atoms with Crippen LogP contribution in [0.1, 0.15) is 38.5 Å². The number of nitrogens with zero attached hydrogens (tertiary/aromatic N) is 1. The van der Waals surface area contributed by atoms with E-state index in [-0.39, 0.29) is 0 Å². The first-order valence-electron chi connectivity index (χ1n) is 6.01. The highest BCUT2D eigenvalue weighted by atomic mass is 15.1. The molecule has 0 saturated carbocycles. The zero-order chi connectivity index (χ0) is 10.2. The Morgan fingerprint density at radius 2 is 1.93 bits per heavy atom. The molecular weight excluding hydrogens is 174 g/mol. The molecular formula is C11H25N3. The quantitative estimate of drug-likeness (QED) is 0.626. The molecule has 1 aliphatic heterocycles. The van der Waals surface area contributed by atoms with Crippen LogP contribution in [0.4, 0.5) is 0 Å². The van der Waals surface area contributed by atoms with Crippen LogP contribution in [-0.2, 0) is 0 Å². The largest absolute Gasteiger partial charge is 0.330 e. The summed E-state index contributed by atoms with van der Waals surface area (Å²) in [5, 5.41) is 0. The van der Waals surface area contributed by atoms with Gasteiger partial charge in [-0.15, -0.1) is 0 Å². The minimum Gasteiger partial charge on any atom is -0.330 e. The van der Waals surface area contributed by atoms with E-state index in [9.17, 15) is 0 Å². The van der Waals surface area contributed by atoms with Crippen LogP contribution in [0.25, 0.3) is 0 Å². The normalized spacial score (nSPS) is 24.0. The molecule has 0 amide bonds. The summed E-state index contributed by atoms with van der Waals surface area (Å²) in [6, 6.07) is 0.424. The van der Waals surface area contributed by atoms with Crippen LogP contribution in [0.2, 0.25) is 0 Å². The van der Waals surface area contributed by atoms with Gasteiger partial charge in [-0.05, 0) is 45.3 Å². The van der Waals surface area contributed by atoms with Gasteiger partial charge in [-0.2, -0.15) is 0 Å². The predicted molar refractivity (Wildman–Crippen MR) is 61.2 cm³/mol. The van der Waals surface area contributed by atoms with Crippen LogP contribution >= 0.6 is 0 Å². The highest BCUT2D eigenvalue weighted by molar-refractivity contribution is 4.74. The zero-order valence-electron chi connectivity index (χ0n) is 9.25. The van der Waals surface area contributed by atoms with Gasteiger partial charge in [0, 0.05) is 12.6 Å². The van der Waals surface area contributed by atoms with Crippen LogP contribution in [0.3, 0.4) is 0 Å². The second kappa shape index (κ2) is 7.21. The van der Waals surface area contributed by atoms with Crippen molar-refractivity contribution in [2.24, 2.45) is 11.5 Å². The van der Waals surface area contributed by atoms with Crippen LogP contribution < -0.4 is 11.5 Å². The first kappa shape index (κ1) is 12.0. The lowest BCUT2D eigenvalue weighted by molar-refractivity contribution is 0.205. The fraction of sp³-hybridized carbons (Fsp3) is 1.00. The second-order valence-corrected chi connectivity index (χ2v) is 4.41. The molecule has 4 N–H and O–H groups in total. The molecule has 3 heteroatoms. The molecule has 1 heterocycles. The lowest BCUT2D eigenvalue weighted by atomic mass is 10.1. The number of piperidine rings is 1. The van der Waals surface area contributed by atoms with E-state index >= 15 is 0 Å². The van der Waals surface area contributed by atoms with Gasteiger partial charge in [0.15, 0.2) is 0 Å². The predicted octanol–water partition coefficient (Wildman–Crippen LogP) is 0.929. The van der Waals surface area contributed by atoms with Gasteiger partial charge in [-0.3, -0.25) is 0 Å². The van der Waals surface area contributed by atoms with Crippen molar-refractivity contribution in [3.63, 3.8) is 0 Å². The standard InChI is InChI=1S/C11H25N3/c12-7-3-1-2-4-8-14-9-5-6-11(13)10-14/h11H,1-10,12-13H2/t11-/m0/s1. The summed E-state index contributed by atoms with van der Waals surface area (Å²) in [6.07, 6.45) is 7.60. The maximum absolute atomic E-state index is 5.92. The highest BCUT2D eigenvalue weighted by Crippen LogP contribution is 2.09. The summed E-state index contributed by atoms with van der Waals surface area (Å²) < 4.78 is 0. The minimum atomic E-state index is 0.424. The van der Waals surface area contributed by atoms with Crippen molar-refractivity contribution in [3.05, 3.63) is 0 Å². The molecule has 0 aliphatic carbocycles. The summed E-state index contributed by atoms with van der Waals surface area (Å²) in [5.41, 5.74) is 11.4. The third kappa shape index (κ3) is 4.94. The van der Waals surface area contributed by atoms with Gasteiger partial charge in [-0.25, -0.2) is 0 Å². The second-order valence-electron chi connectivity index (χ2n) is 4.41. The average molecular weight is 199 g/mol. The first-order chi connectivity index (χ1) is 6.83. The summed E-state index contributed by atoms with van der Waals surface area (Å²) in [7, 11) is 0. The maximum Gasteiger partial charge on any atom is 0.0168 e. The highest BCUT2D eigenvalue weighted by Gasteiger charge is 2.15. The molecule has 1 aliphatic rings. The fourth-order valence-electron chi connectivity index (χ4n) is 2.13. The van der Waals surface area contributed by atoms with Crippen molar-refractivity contribution in [2.45, 2.75) is 44.6 Å². The summed E-state index contributed by atoms with van der Waals surface area (Å²) in [6.45, 7) is 4.44. The fourth-order valence-corrected chi connectivity index (χ4v) is 2.13. The molecule has 84 valence electrons. The van der Waals surface area contributed by atoms with Crippen molar-refractivity contribution in [3.8, 4) is 0 Å². The number of nitrogens with two attached hydrogens (primary N) is 2. The molecule has 0 spiro atoms. The van der Waals surface area contributed by atoms with Crippen molar-refractivity contribution in [1.29, 1.82) is 0 Å².